The standard InChI is InChI=1S/C12H22/c1-5-9-8-10-6-7-12(9,4)11(10,2)3/h9-10H,5-8H2,1-4H3/t9-,10?,12?/m1/s1. The fraction of sp³-hybridized carbons (Fsp3) is 1.00. The van der Waals surface area contributed by atoms with E-state index < -0.39 is 0 Å². The predicted octanol–water partition coefficient (Wildman–Crippen LogP) is 3.86. The zero-order chi connectivity index (χ0) is 8.98. The molecule has 0 amide bonds. The zero-order valence-electron chi connectivity index (χ0n) is 8.98. The van der Waals surface area contributed by atoms with E-state index in [1.54, 1.807) is 0 Å². The first-order valence-corrected chi connectivity index (χ1v) is 5.52. The smallest absolute Gasteiger partial charge is 0.0244 e. The Morgan fingerprint density at radius 3 is 2.17 bits per heavy atom. The molecule has 0 aliphatic heterocycles. The first-order valence-electron chi connectivity index (χ1n) is 5.52. The highest BCUT2D eigenvalue weighted by molar-refractivity contribution is 5.09. The van der Waals surface area contributed by atoms with E-state index in [0.717, 1.165) is 11.8 Å². The van der Waals surface area contributed by atoms with Gasteiger partial charge in [-0.3, -0.25) is 0 Å². The SMILES string of the molecule is CC[C@@H]1CC2CCC1(C)C2(C)C. The van der Waals surface area contributed by atoms with Crippen LogP contribution in [0.15, 0.2) is 0 Å². The van der Waals surface area contributed by atoms with Crippen LogP contribution in [0.5, 0.6) is 0 Å². The number of hydrogen-bond donors (Lipinski definition) is 0. The molecule has 70 valence electrons. The van der Waals surface area contributed by atoms with Crippen LogP contribution in [-0.4, -0.2) is 0 Å². The second-order valence-electron chi connectivity index (χ2n) is 5.72. The fourth-order valence-corrected chi connectivity index (χ4v) is 3.99. The van der Waals surface area contributed by atoms with Gasteiger partial charge in [-0.25, -0.2) is 0 Å². The lowest BCUT2D eigenvalue weighted by Gasteiger charge is -2.39. The van der Waals surface area contributed by atoms with Gasteiger partial charge in [0.15, 0.2) is 0 Å². The highest BCUT2D eigenvalue weighted by Crippen LogP contribution is 2.68. The van der Waals surface area contributed by atoms with E-state index in [4.69, 9.17) is 0 Å². The monoisotopic (exact) mass is 166 g/mol. The average molecular weight is 166 g/mol. The summed E-state index contributed by atoms with van der Waals surface area (Å²) in [5.74, 6) is 2.05. The van der Waals surface area contributed by atoms with E-state index in [-0.39, 0.29) is 0 Å². The Hall–Kier alpha value is 0. The minimum absolute atomic E-state index is 0.633. The van der Waals surface area contributed by atoms with Gasteiger partial charge in [0.05, 0.1) is 0 Å². The molecule has 2 aliphatic rings. The van der Waals surface area contributed by atoms with Crippen LogP contribution in [0.2, 0.25) is 0 Å². The number of rotatable bonds is 1. The summed E-state index contributed by atoms with van der Waals surface area (Å²) >= 11 is 0. The van der Waals surface area contributed by atoms with Crippen molar-refractivity contribution in [2.24, 2.45) is 22.7 Å². The summed E-state index contributed by atoms with van der Waals surface area (Å²) in [4.78, 5) is 0. The average Bonchev–Trinajstić information content (AvgIpc) is 2.34. The molecular formula is C12H22. The maximum absolute atomic E-state index is 2.54. The van der Waals surface area contributed by atoms with Gasteiger partial charge in [0.1, 0.15) is 0 Å². The van der Waals surface area contributed by atoms with Crippen molar-refractivity contribution in [2.75, 3.05) is 0 Å². The Balaban J connectivity index is 2.33. The summed E-state index contributed by atoms with van der Waals surface area (Å²) < 4.78 is 0. The Labute approximate surface area is 76.7 Å². The summed E-state index contributed by atoms with van der Waals surface area (Å²) in [5, 5.41) is 0. The van der Waals surface area contributed by atoms with Crippen LogP contribution < -0.4 is 0 Å². The van der Waals surface area contributed by atoms with Crippen molar-refractivity contribution >= 4 is 0 Å². The summed E-state index contributed by atoms with van der Waals surface area (Å²) in [6.45, 7) is 9.90. The van der Waals surface area contributed by atoms with Crippen LogP contribution in [0.1, 0.15) is 53.4 Å². The van der Waals surface area contributed by atoms with Gasteiger partial charge in [0.25, 0.3) is 0 Å². The molecule has 0 heterocycles. The highest BCUT2D eigenvalue weighted by atomic mass is 14.6. The maximum atomic E-state index is 2.54. The first-order chi connectivity index (χ1) is 5.52. The van der Waals surface area contributed by atoms with E-state index >= 15 is 0 Å². The molecule has 2 aliphatic carbocycles. The van der Waals surface area contributed by atoms with Gasteiger partial charge in [0.2, 0.25) is 0 Å². The van der Waals surface area contributed by atoms with Gasteiger partial charge in [-0.15, -0.1) is 0 Å². The number of hydrogen-bond acceptors (Lipinski definition) is 0. The highest BCUT2D eigenvalue weighted by Gasteiger charge is 2.60. The van der Waals surface area contributed by atoms with Gasteiger partial charge in [-0.1, -0.05) is 34.1 Å². The molecule has 0 aromatic carbocycles. The molecule has 0 spiro atoms. The van der Waals surface area contributed by atoms with Gasteiger partial charge < -0.3 is 0 Å². The lowest BCUT2D eigenvalue weighted by Crippen LogP contribution is -2.31. The van der Waals surface area contributed by atoms with E-state index in [2.05, 4.69) is 27.7 Å². The fourth-order valence-electron chi connectivity index (χ4n) is 3.99. The Kier molecular flexibility index (Phi) is 1.63. The van der Waals surface area contributed by atoms with Gasteiger partial charge in [0, 0.05) is 0 Å². The van der Waals surface area contributed by atoms with E-state index in [9.17, 15) is 0 Å². The molecule has 2 unspecified atom stereocenters. The summed E-state index contributed by atoms with van der Waals surface area (Å²) in [5.41, 5.74) is 1.31. The zero-order valence-corrected chi connectivity index (χ0v) is 8.98. The molecule has 2 bridgehead atoms. The second kappa shape index (κ2) is 2.27. The lowest BCUT2D eigenvalue weighted by molar-refractivity contribution is 0.100. The van der Waals surface area contributed by atoms with Gasteiger partial charge in [-0.2, -0.15) is 0 Å². The largest absolute Gasteiger partial charge is 0.0651 e. The Morgan fingerprint density at radius 2 is 1.92 bits per heavy atom. The third-order valence-corrected chi connectivity index (χ3v) is 5.47. The molecule has 0 heteroatoms. The topological polar surface area (TPSA) is 0 Å². The summed E-state index contributed by atoms with van der Waals surface area (Å²) in [6, 6.07) is 0. The lowest BCUT2D eigenvalue weighted by atomic mass is 9.66. The first kappa shape index (κ1) is 8.59. The molecule has 12 heavy (non-hydrogen) atoms. The van der Waals surface area contributed by atoms with Crippen molar-refractivity contribution in [3.63, 3.8) is 0 Å². The molecule has 2 fully saturated rings. The normalized spacial score (nSPS) is 50.0. The van der Waals surface area contributed by atoms with E-state index in [1.807, 2.05) is 0 Å². The van der Waals surface area contributed by atoms with Crippen LogP contribution in [0, 0.1) is 22.7 Å². The maximum Gasteiger partial charge on any atom is -0.0244 e. The molecular weight excluding hydrogens is 144 g/mol. The second-order valence-corrected chi connectivity index (χ2v) is 5.72. The summed E-state index contributed by atoms with van der Waals surface area (Å²) in [6.07, 6.45) is 5.90. The molecule has 0 N–H and O–H groups in total. The molecule has 2 rings (SSSR count). The number of fused-ring (bicyclic) bond motifs is 2. The summed E-state index contributed by atoms with van der Waals surface area (Å²) in [7, 11) is 0. The predicted molar refractivity (Wildman–Crippen MR) is 53.0 cm³/mol. The van der Waals surface area contributed by atoms with Gasteiger partial charge in [-0.05, 0) is 41.9 Å². The third kappa shape index (κ3) is 0.744. The van der Waals surface area contributed by atoms with Crippen molar-refractivity contribution in [2.45, 2.75) is 53.4 Å². The third-order valence-electron chi connectivity index (χ3n) is 5.47. The minimum atomic E-state index is 0.633. The molecule has 2 saturated carbocycles. The van der Waals surface area contributed by atoms with Crippen LogP contribution in [0.25, 0.3) is 0 Å². The molecule has 0 radical (unpaired) electrons. The van der Waals surface area contributed by atoms with Crippen LogP contribution in [-0.2, 0) is 0 Å². The van der Waals surface area contributed by atoms with Crippen molar-refractivity contribution in [3.8, 4) is 0 Å². The van der Waals surface area contributed by atoms with Crippen molar-refractivity contribution < 1.29 is 0 Å². The molecule has 0 aromatic heterocycles. The van der Waals surface area contributed by atoms with Gasteiger partial charge >= 0.3 is 0 Å². The van der Waals surface area contributed by atoms with Crippen LogP contribution in [0.3, 0.4) is 0 Å². The van der Waals surface area contributed by atoms with Crippen molar-refractivity contribution in [3.05, 3.63) is 0 Å². The quantitative estimate of drug-likeness (QED) is 0.555. The van der Waals surface area contributed by atoms with E-state index in [0.29, 0.717) is 10.8 Å². The van der Waals surface area contributed by atoms with E-state index in [1.165, 1.54) is 25.7 Å². The Bertz CT molecular complexity index is 192. The molecule has 0 nitrogen and oxygen atoms in total. The minimum Gasteiger partial charge on any atom is -0.0651 e. The van der Waals surface area contributed by atoms with Crippen LogP contribution >= 0.6 is 0 Å². The molecule has 0 aromatic rings. The molecule has 3 atom stereocenters. The van der Waals surface area contributed by atoms with Crippen LogP contribution in [0.4, 0.5) is 0 Å². The van der Waals surface area contributed by atoms with Crippen molar-refractivity contribution in [1.82, 2.24) is 0 Å². The van der Waals surface area contributed by atoms with Crippen molar-refractivity contribution in [1.29, 1.82) is 0 Å². The molecule has 0 saturated heterocycles. The Morgan fingerprint density at radius 1 is 1.25 bits per heavy atom.